The molecule has 0 aliphatic carbocycles. The highest BCUT2D eigenvalue weighted by atomic mass is 79.9. The molecule has 1 aromatic heterocycles. The van der Waals surface area contributed by atoms with E-state index in [0.717, 1.165) is 5.56 Å². The van der Waals surface area contributed by atoms with E-state index in [-0.39, 0.29) is 5.76 Å². The molecule has 0 amide bonds. The highest BCUT2D eigenvalue weighted by Gasteiger charge is 2.24. The molecule has 0 atom stereocenters. The molecule has 3 nitrogen and oxygen atoms in total. The third kappa shape index (κ3) is 2.52. The summed E-state index contributed by atoms with van der Waals surface area (Å²) in [4.78, 5) is 11.8. The topological polar surface area (TPSA) is 39.4 Å². The third-order valence-electron chi connectivity index (χ3n) is 2.33. The summed E-state index contributed by atoms with van der Waals surface area (Å²) in [6.45, 7) is 2.07. The van der Waals surface area contributed by atoms with Crippen molar-refractivity contribution in [1.29, 1.82) is 0 Å². The SMILES string of the molecule is CCOC(=O)c1oc(Br)c(Br)c1-c1ccccc1. The van der Waals surface area contributed by atoms with Crippen LogP contribution >= 0.6 is 31.9 Å². The van der Waals surface area contributed by atoms with E-state index in [2.05, 4.69) is 31.9 Å². The highest BCUT2D eigenvalue weighted by molar-refractivity contribution is 9.13. The summed E-state index contributed by atoms with van der Waals surface area (Å²) in [7, 11) is 0. The van der Waals surface area contributed by atoms with E-state index < -0.39 is 5.97 Å². The van der Waals surface area contributed by atoms with Gasteiger partial charge in [0.05, 0.1) is 16.6 Å². The van der Waals surface area contributed by atoms with Gasteiger partial charge in [0.2, 0.25) is 5.76 Å². The number of ether oxygens (including phenoxy) is 1. The Balaban J connectivity index is 2.55. The largest absolute Gasteiger partial charge is 0.460 e. The fourth-order valence-corrected chi connectivity index (χ4v) is 2.44. The lowest BCUT2D eigenvalue weighted by Gasteiger charge is -2.03. The average molecular weight is 374 g/mol. The zero-order valence-corrected chi connectivity index (χ0v) is 12.7. The maximum absolute atomic E-state index is 11.8. The Morgan fingerprint density at radius 1 is 1.28 bits per heavy atom. The number of hydrogen-bond donors (Lipinski definition) is 0. The first-order valence-electron chi connectivity index (χ1n) is 5.35. The van der Waals surface area contributed by atoms with Crippen molar-refractivity contribution in [2.45, 2.75) is 6.92 Å². The second-order valence-corrected chi connectivity index (χ2v) is 4.99. The van der Waals surface area contributed by atoms with E-state index in [1.807, 2.05) is 30.3 Å². The third-order valence-corrected chi connectivity index (χ3v) is 4.18. The van der Waals surface area contributed by atoms with Crippen LogP contribution in [0.1, 0.15) is 17.5 Å². The van der Waals surface area contributed by atoms with Crippen molar-refractivity contribution in [3.63, 3.8) is 0 Å². The molecule has 94 valence electrons. The summed E-state index contributed by atoms with van der Waals surface area (Å²) >= 11 is 6.67. The minimum absolute atomic E-state index is 0.196. The van der Waals surface area contributed by atoms with Crippen molar-refractivity contribution in [1.82, 2.24) is 0 Å². The molecule has 0 spiro atoms. The molecular formula is C13H10Br2O3. The van der Waals surface area contributed by atoms with Gasteiger partial charge in [0.15, 0.2) is 4.67 Å². The van der Waals surface area contributed by atoms with E-state index in [0.29, 0.717) is 21.3 Å². The van der Waals surface area contributed by atoms with Gasteiger partial charge in [-0.05, 0) is 44.3 Å². The first-order valence-corrected chi connectivity index (χ1v) is 6.94. The predicted molar refractivity (Wildman–Crippen MR) is 75.5 cm³/mol. The molecule has 5 heteroatoms. The molecule has 0 saturated carbocycles. The van der Waals surface area contributed by atoms with Crippen molar-refractivity contribution in [3.8, 4) is 11.1 Å². The van der Waals surface area contributed by atoms with Gasteiger partial charge in [0, 0.05) is 0 Å². The van der Waals surface area contributed by atoms with Gasteiger partial charge in [-0.2, -0.15) is 0 Å². The Bertz CT molecular complexity index is 561. The molecule has 0 N–H and O–H groups in total. The van der Waals surface area contributed by atoms with Crippen LogP contribution in [0.15, 0.2) is 43.9 Å². The van der Waals surface area contributed by atoms with Crippen LogP contribution in [-0.4, -0.2) is 12.6 Å². The predicted octanol–water partition coefficient (Wildman–Crippen LogP) is 4.65. The van der Waals surface area contributed by atoms with Crippen molar-refractivity contribution in [2.75, 3.05) is 6.61 Å². The minimum atomic E-state index is -0.470. The molecule has 0 aliphatic heterocycles. The zero-order valence-electron chi connectivity index (χ0n) is 9.57. The molecule has 2 rings (SSSR count). The second-order valence-electron chi connectivity index (χ2n) is 3.48. The number of benzene rings is 1. The molecule has 18 heavy (non-hydrogen) atoms. The van der Waals surface area contributed by atoms with Crippen molar-refractivity contribution in [3.05, 3.63) is 45.2 Å². The second kappa shape index (κ2) is 5.71. The Hall–Kier alpha value is -1.07. The summed E-state index contributed by atoms with van der Waals surface area (Å²) in [6.07, 6.45) is 0. The molecule has 2 aromatic rings. The van der Waals surface area contributed by atoms with Gasteiger partial charge in [0.25, 0.3) is 0 Å². The highest BCUT2D eigenvalue weighted by Crippen LogP contribution is 2.39. The summed E-state index contributed by atoms with van der Waals surface area (Å²) in [5, 5.41) is 0. The molecule has 1 heterocycles. The fraction of sp³-hybridized carbons (Fsp3) is 0.154. The van der Waals surface area contributed by atoms with E-state index in [9.17, 15) is 4.79 Å². The standard InChI is InChI=1S/C13H10Br2O3/c1-2-17-13(16)11-9(10(14)12(15)18-11)8-6-4-3-5-7-8/h3-7H,2H2,1H3. The summed E-state index contributed by atoms with van der Waals surface area (Å²) in [5.74, 6) is -0.274. The smallest absolute Gasteiger partial charge is 0.374 e. The molecule has 0 radical (unpaired) electrons. The molecule has 0 bridgehead atoms. The van der Waals surface area contributed by atoms with E-state index in [4.69, 9.17) is 9.15 Å². The quantitative estimate of drug-likeness (QED) is 0.735. The van der Waals surface area contributed by atoms with E-state index in [1.165, 1.54) is 0 Å². The lowest BCUT2D eigenvalue weighted by molar-refractivity contribution is 0.0490. The van der Waals surface area contributed by atoms with Crippen molar-refractivity contribution in [2.24, 2.45) is 0 Å². The molecular weight excluding hydrogens is 364 g/mol. The number of carbonyl (C=O) groups excluding carboxylic acids is 1. The lowest BCUT2D eigenvalue weighted by atomic mass is 10.1. The van der Waals surface area contributed by atoms with Crippen molar-refractivity contribution >= 4 is 37.8 Å². The average Bonchev–Trinajstić information content (AvgIpc) is 2.67. The van der Waals surface area contributed by atoms with Gasteiger partial charge in [-0.1, -0.05) is 30.3 Å². The van der Waals surface area contributed by atoms with Gasteiger partial charge in [-0.25, -0.2) is 4.79 Å². The van der Waals surface area contributed by atoms with Crippen LogP contribution in [0.25, 0.3) is 11.1 Å². The van der Waals surface area contributed by atoms with Crippen LogP contribution in [-0.2, 0) is 4.74 Å². The van der Waals surface area contributed by atoms with E-state index in [1.54, 1.807) is 6.92 Å². The molecule has 0 fully saturated rings. The molecule has 0 aliphatic rings. The van der Waals surface area contributed by atoms with Crippen molar-refractivity contribution < 1.29 is 13.9 Å². The Morgan fingerprint density at radius 2 is 1.94 bits per heavy atom. The van der Waals surface area contributed by atoms with Gasteiger partial charge in [-0.15, -0.1) is 0 Å². The number of furan rings is 1. The van der Waals surface area contributed by atoms with Gasteiger partial charge in [0.1, 0.15) is 0 Å². The minimum Gasteiger partial charge on any atom is -0.460 e. The lowest BCUT2D eigenvalue weighted by Crippen LogP contribution is -2.04. The number of hydrogen-bond acceptors (Lipinski definition) is 3. The Morgan fingerprint density at radius 3 is 2.56 bits per heavy atom. The number of halogens is 2. The van der Waals surface area contributed by atoms with Crippen LogP contribution in [0.2, 0.25) is 0 Å². The number of esters is 1. The Kier molecular flexibility index (Phi) is 4.24. The van der Waals surface area contributed by atoms with Crippen LogP contribution in [0.4, 0.5) is 0 Å². The maximum atomic E-state index is 11.8. The molecule has 0 saturated heterocycles. The Labute approximate surface area is 121 Å². The van der Waals surface area contributed by atoms with Crippen LogP contribution in [0.3, 0.4) is 0 Å². The van der Waals surface area contributed by atoms with Gasteiger partial charge >= 0.3 is 5.97 Å². The maximum Gasteiger partial charge on any atom is 0.374 e. The molecule has 1 aromatic carbocycles. The van der Waals surface area contributed by atoms with Crippen LogP contribution in [0.5, 0.6) is 0 Å². The number of rotatable bonds is 3. The number of carbonyl (C=O) groups is 1. The van der Waals surface area contributed by atoms with Gasteiger partial charge in [-0.3, -0.25) is 0 Å². The zero-order chi connectivity index (χ0) is 13.1. The first kappa shape index (κ1) is 13.4. The summed E-state index contributed by atoms with van der Waals surface area (Å²) in [5.41, 5.74) is 1.59. The van der Waals surface area contributed by atoms with Crippen LogP contribution in [0, 0.1) is 0 Å². The first-order chi connectivity index (χ1) is 8.65. The summed E-state index contributed by atoms with van der Waals surface area (Å²) in [6, 6.07) is 9.53. The van der Waals surface area contributed by atoms with E-state index >= 15 is 0 Å². The summed E-state index contributed by atoms with van der Waals surface area (Å²) < 4.78 is 11.6. The van der Waals surface area contributed by atoms with Gasteiger partial charge < -0.3 is 9.15 Å². The molecule has 0 unspecified atom stereocenters. The normalized spacial score (nSPS) is 10.4. The fourth-order valence-electron chi connectivity index (χ4n) is 1.59. The van der Waals surface area contributed by atoms with Crippen LogP contribution < -0.4 is 0 Å². The monoisotopic (exact) mass is 372 g/mol.